The molecule has 3 N–H and O–H groups in total. The van der Waals surface area contributed by atoms with Crippen LogP contribution in [0.1, 0.15) is 42.2 Å². The fourth-order valence-electron chi connectivity index (χ4n) is 3.16. The van der Waals surface area contributed by atoms with Crippen LogP contribution in [-0.4, -0.2) is 17.5 Å². The Labute approximate surface area is 159 Å². The summed E-state index contributed by atoms with van der Waals surface area (Å²) in [5.74, 6) is -1.16. The molecule has 0 saturated carbocycles. The highest BCUT2D eigenvalue weighted by atomic mass is 35.5. The lowest BCUT2D eigenvalue weighted by atomic mass is 9.82. The van der Waals surface area contributed by atoms with Crippen LogP contribution >= 0.6 is 11.6 Å². The van der Waals surface area contributed by atoms with Gasteiger partial charge in [0.15, 0.2) is 11.6 Å². The van der Waals surface area contributed by atoms with E-state index >= 15 is 0 Å². The van der Waals surface area contributed by atoms with Crippen molar-refractivity contribution < 1.29 is 14.4 Å². The minimum atomic E-state index is -0.393. The van der Waals surface area contributed by atoms with E-state index in [-0.39, 0.29) is 45.3 Å². The maximum Gasteiger partial charge on any atom is 0.255 e. The number of carbonyl (C=O) groups excluding carboxylic acids is 3. The van der Waals surface area contributed by atoms with Crippen molar-refractivity contribution in [1.29, 1.82) is 0 Å². The molecular formula is C21H13ClN2O3. The second-order valence-corrected chi connectivity index (χ2v) is 6.56. The van der Waals surface area contributed by atoms with E-state index in [4.69, 9.17) is 17.3 Å². The third kappa shape index (κ3) is 2.78. The molecule has 0 unspecified atom stereocenters. The summed E-state index contributed by atoms with van der Waals surface area (Å²) < 4.78 is 0. The van der Waals surface area contributed by atoms with Crippen LogP contribution in [0.4, 0.5) is 11.4 Å². The average Bonchev–Trinajstić information content (AvgIpc) is 2.68. The lowest BCUT2D eigenvalue weighted by Gasteiger charge is -2.22. The summed E-state index contributed by atoms with van der Waals surface area (Å²) in [4.78, 5) is 38.5. The first-order chi connectivity index (χ1) is 13.0. The molecule has 5 nitrogen and oxygen atoms in total. The van der Waals surface area contributed by atoms with Crippen LogP contribution in [-0.2, 0) is 0 Å². The van der Waals surface area contributed by atoms with Crippen molar-refractivity contribution in [2.75, 3.05) is 11.1 Å². The highest BCUT2D eigenvalue weighted by molar-refractivity contribution is 6.35. The standard InChI is InChI=1S/C21H13ClN2O3/c22-12-6-7-13-14(10-12)20(26)17-15(23)8-9-16(18(17)19(13)25)24-21(27)11-4-2-1-3-5-11/h1-10H,23H2,(H,24,27). The Balaban J connectivity index is 1.84. The predicted octanol–water partition coefficient (Wildman–Crippen LogP) is 3.95. The first-order valence-electron chi connectivity index (χ1n) is 8.15. The quantitative estimate of drug-likeness (QED) is 0.518. The zero-order valence-corrected chi connectivity index (χ0v) is 14.7. The fraction of sp³-hybridized carbons (Fsp3) is 0. The summed E-state index contributed by atoms with van der Waals surface area (Å²) in [6.07, 6.45) is 0. The van der Waals surface area contributed by atoms with E-state index < -0.39 is 5.78 Å². The number of ketones is 2. The number of anilines is 2. The first-order valence-corrected chi connectivity index (χ1v) is 8.53. The molecule has 0 atom stereocenters. The van der Waals surface area contributed by atoms with Crippen molar-refractivity contribution in [3.8, 4) is 0 Å². The van der Waals surface area contributed by atoms with Gasteiger partial charge in [-0.1, -0.05) is 29.8 Å². The molecule has 132 valence electrons. The number of hydrogen-bond acceptors (Lipinski definition) is 4. The van der Waals surface area contributed by atoms with Gasteiger partial charge in [0.2, 0.25) is 0 Å². The highest BCUT2D eigenvalue weighted by Gasteiger charge is 2.34. The van der Waals surface area contributed by atoms with Crippen LogP contribution in [0, 0.1) is 0 Å². The van der Waals surface area contributed by atoms with E-state index in [1.807, 2.05) is 0 Å². The van der Waals surface area contributed by atoms with Crippen LogP contribution < -0.4 is 11.1 Å². The Morgan fingerprint density at radius 3 is 2.30 bits per heavy atom. The zero-order chi connectivity index (χ0) is 19.1. The Kier molecular flexibility index (Phi) is 4.01. The number of nitrogen functional groups attached to an aromatic ring is 1. The number of halogens is 1. The fourth-order valence-corrected chi connectivity index (χ4v) is 3.33. The monoisotopic (exact) mass is 376 g/mol. The average molecular weight is 377 g/mol. The summed E-state index contributed by atoms with van der Waals surface area (Å²) >= 11 is 5.97. The number of benzene rings is 3. The van der Waals surface area contributed by atoms with Crippen molar-refractivity contribution in [2.24, 2.45) is 0 Å². The number of rotatable bonds is 2. The van der Waals surface area contributed by atoms with E-state index in [9.17, 15) is 14.4 Å². The van der Waals surface area contributed by atoms with Gasteiger partial charge in [0.05, 0.1) is 16.8 Å². The van der Waals surface area contributed by atoms with Gasteiger partial charge in [-0.2, -0.15) is 0 Å². The SMILES string of the molecule is Nc1ccc(NC(=O)c2ccccc2)c2c1C(=O)c1cc(Cl)ccc1C2=O. The van der Waals surface area contributed by atoms with E-state index in [1.54, 1.807) is 36.4 Å². The molecule has 6 heteroatoms. The van der Waals surface area contributed by atoms with Gasteiger partial charge in [0.1, 0.15) is 0 Å². The van der Waals surface area contributed by atoms with Gasteiger partial charge in [0.25, 0.3) is 5.91 Å². The van der Waals surface area contributed by atoms with Crippen LogP contribution in [0.5, 0.6) is 0 Å². The van der Waals surface area contributed by atoms with Crippen molar-refractivity contribution in [1.82, 2.24) is 0 Å². The van der Waals surface area contributed by atoms with Gasteiger partial charge in [-0.25, -0.2) is 0 Å². The van der Waals surface area contributed by atoms with Crippen molar-refractivity contribution in [2.45, 2.75) is 0 Å². The third-order valence-electron chi connectivity index (χ3n) is 4.45. The molecule has 0 heterocycles. The molecule has 3 aromatic rings. The van der Waals surface area contributed by atoms with Crippen LogP contribution in [0.25, 0.3) is 0 Å². The van der Waals surface area contributed by atoms with E-state index in [0.717, 1.165) is 0 Å². The lowest BCUT2D eigenvalue weighted by molar-refractivity contribution is 0.0979. The normalized spacial score (nSPS) is 12.3. The van der Waals surface area contributed by atoms with Gasteiger partial charge >= 0.3 is 0 Å². The Morgan fingerprint density at radius 2 is 1.56 bits per heavy atom. The number of fused-ring (bicyclic) bond motifs is 2. The predicted molar refractivity (Wildman–Crippen MR) is 104 cm³/mol. The molecule has 1 amide bonds. The molecule has 0 aromatic heterocycles. The van der Waals surface area contributed by atoms with Crippen molar-refractivity contribution >= 4 is 40.4 Å². The number of nitrogens with two attached hydrogens (primary N) is 1. The summed E-state index contributed by atoms with van der Waals surface area (Å²) in [5.41, 5.74) is 7.45. The highest BCUT2D eigenvalue weighted by Crippen LogP contribution is 2.36. The minimum absolute atomic E-state index is 0.0839. The number of nitrogens with one attached hydrogen (secondary N) is 1. The molecule has 0 bridgehead atoms. The summed E-state index contributed by atoms with van der Waals surface area (Å²) in [7, 11) is 0. The Hall–Kier alpha value is -3.44. The molecule has 0 spiro atoms. The molecule has 0 saturated heterocycles. The largest absolute Gasteiger partial charge is 0.398 e. The number of hydrogen-bond donors (Lipinski definition) is 2. The Bertz CT molecular complexity index is 1120. The Morgan fingerprint density at radius 1 is 0.852 bits per heavy atom. The van der Waals surface area contributed by atoms with Crippen LogP contribution in [0.3, 0.4) is 0 Å². The maximum atomic E-state index is 13.1. The van der Waals surface area contributed by atoms with Gasteiger partial charge in [0, 0.05) is 27.4 Å². The van der Waals surface area contributed by atoms with E-state index in [2.05, 4.69) is 5.32 Å². The number of amides is 1. The summed E-state index contributed by atoms with van der Waals surface area (Å²) in [5, 5.41) is 3.07. The molecule has 3 aromatic carbocycles. The van der Waals surface area contributed by atoms with E-state index in [1.165, 1.54) is 24.3 Å². The molecular weight excluding hydrogens is 364 g/mol. The minimum Gasteiger partial charge on any atom is -0.398 e. The molecule has 0 aliphatic heterocycles. The topological polar surface area (TPSA) is 89.3 Å². The first kappa shape index (κ1) is 17.0. The lowest BCUT2D eigenvalue weighted by Crippen LogP contribution is -2.25. The molecule has 0 radical (unpaired) electrons. The third-order valence-corrected chi connectivity index (χ3v) is 4.68. The maximum absolute atomic E-state index is 13.1. The van der Waals surface area contributed by atoms with Gasteiger partial charge in [-0.15, -0.1) is 0 Å². The molecule has 4 rings (SSSR count). The van der Waals surface area contributed by atoms with Crippen LogP contribution in [0.2, 0.25) is 5.02 Å². The van der Waals surface area contributed by atoms with Gasteiger partial charge in [-0.05, 0) is 42.5 Å². The zero-order valence-electron chi connectivity index (χ0n) is 14.0. The van der Waals surface area contributed by atoms with Crippen molar-refractivity contribution in [3.63, 3.8) is 0 Å². The van der Waals surface area contributed by atoms with Crippen LogP contribution in [0.15, 0.2) is 60.7 Å². The molecule has 0 fully saturated rings. The molecule has 27 heavy (non-hydrogen) atoms. The summed E-state index contributed by atoms with van der Waals surface area (Å²) in [6.45, 7) is 0. The summed E-state index contributed by atoms with van der Waals surface area (Å²) in [6, 6.07) is 16.1. The van der Waals surface area contributed by atoms with Gasteiger partial charge < -0.3 is 11.1 Å². The number of carbonyl (C=O) groups is 3. The molecule has 1 aliphatic rings. The van der Waals surface area contributed by atoms with Gasteiger partial charge in [-0.3, -0.25) is 14.4 Å². The second-order valence-electron chi connectivity index (χ2n) is 6.12. The smallest absolute Gasteiger partial charge is 0.255 e. The van der Waals surface area contributed by atoms with E-state index in [0.29, 0.717) is 10.6 Å². The molecule has 1 aliphatic carbocycles. The van der Waals surface area contributed by atoms with Crippen molar-refractivity contribution in [3.05, 3.63) is 93.5 Å². The second kappa shape index (κ2) is 6.37.